The highest BCUT2D eigenvalue weighted by atomic mass is 15.2. The van der Waals surface area contributed by atoms with Gasteiger partial charge in [0.2, 0.25) is 0 Å². The highest BCUT2D eigenvalue weighted by molar-refractivity contribution is 5.97. The lowest BCUT2D eigenvalue weighted by Gasteiger charge is -1.98. The van der Waals surface area contributed by atoms with Crippen molar-refractivity contribution in [1.82, 2.24) is 19.9 Å². The van der Waals surface area contributed by atoms with Gasteiger partial charge in [-0.2, -0.15) is 0 Å². The number of nitrogens with zero attached hydrogens (tertiary/aromatic N) is 7. The SMILES string of the molecule is C=C(/N=N\C(=N/C)c1cnccn1)c1cnccn1. The second kappa shape index (κ2) is 6.20. The summed E-state index contributed by atoms with van der Waals surface area (Å²) in [6, 6.07) is 0. The zero-order valence-electron chi connectivity index (χ0n) is 10.3. The van der Waals surface area contributed by atoms with E-state index in [9.17, 15) is 0 Å². The van der Waals surface area contributed by atoms with Crippen molar-refractivity contribution in [2.45, 2.75) is 0 Å². The number of hydrogen-bond donors (Lipinski definition) is 0. The van der Waals surface area contributed by atoms with Crippen LogP contribution in [-0.2, 0) is 0 Å². The molecule has 0 aliphatic heterocycles. The van der Waals surface area contributed by atoms with E-state index in [-0.39, 0.29) is 0 Å². The molecule has 2 aromatic heterocycles. The molecule has 2 heterocycles. The van der Waals surface area contributed by atoms with Gasteiger partial charge < -0.3 is 0 Å². The monoisotopic (exact) mass is 253 g/mol. The van der Waals surface area contributed by atoms with Crippen LogP contribution in [0, 0.1) is 0 Å². The first kappa shape index (κ1) is 12.6. The molecular weight excluding hydrogens is 242 g/mol. The normalized spacial score (nSPS) is 11.7. The molecule has 0 spiro atoms. The Hall–Kier alpha value is -2.83. The molecule has 2 aromatic rings. The van der Waals surface area contributed by atoms with Crippen LogP contribution in [0.3, 0.4) is 0 Å². The Morgan fingerprint density at radius 3 is 2.11 bits per heavy atom. The quantitative estimate of drug-likeness (QED) is 0.473. The minimum atomic E-state index is 0.373. The fourth-order valence-corrected chi connectivity index (χ4v) is 1.23. The second-order valence-electron chi connectivity index (χ2n) is 3.38. The van der Waals surface area contributed by atoms with Gasteiger partial charge in [-0.25, -0.2) is 4.98 Å². The van der Waals surface area contributed by atoms with E-state index < -0.39 is 0 Å². The maximum atomic E-state index is 4.10. The van der Waals surface area contributed by atoms with Gasteiger partial charge in [0, 0.05) is 31.8 Å². The lowest BCUT2D eigenvalue weighted by molar-refractivity contribution is 1.12. The van der Waals surface area contributed by atoms with Gasteiger partial charge in [-0.1, -0.05) is 6.58 Å². The van der Waals surface area contributed by atoms with Gasteiger partial charge in [0.1, 0.15) is 17.1 Å². The third-order valence-electron chi connectivity index (χ3n) is 2.13. The first-order valence-electron chi connectivity index (χ1n) is 5.41. The lowest BCUT2D eigenvalue weighted by atomic mass is 10.4. The number of amidine groups is 1. The second-order valence-corrected chi connectivity index (χ2v) is 3.38. The van der Waals surface area contributed by atoms with Gasteiger partial charge in [-0.3, -0.25) is 19.9 Å². The summed E-state index contributed by atoms with van der Waals surface area (Å²) in [6.07, 6.45) is 9.40. The smallest absolute Gasteiger partial charge is 0.197 e. The topological polar surface area (TPSA) is 88.6 Å². The van der Waals surface area contributed by atoms with E-state index in [1.807, 2.05) is 0 Å². The van der Waals surface area contributed by atoms with E-state index >= 15 is 0 Å². The maximum absolute atomic E-state index is 4.10. The van der Waals surface area contributed by atoms with E-state index in [4.69, 9.17) is 0 Å². The van der Waals surface area contributed by atoms with Crippen LogP contribution in [0.4, 0.5) is 0 Å². The van der Waals surface area contributed by atoms with Gasteiger partial charge in [-0.15, -0.1) is 10.2 Å². The van der Waals surface area contributed by atoms with E-state index in [1.54, 1.807) is 44.2 Å². The molecule has 19 heavy (non-hydrogen) atoms. The van der Waals surface area contributed by atoms with Crippen LogP contribution in [0.2, 0.25) is 0 Å². The molecule has 94 valence electrons. The van der Waals surface area contributed by atoms with Gasteiger partial charge in [0.15, 0.2) is 5.84 Å². The third-order valence-corrected chi connectivity index (χ3v) is 2.13. The summed E-state index contributed by atoms with van der Waals surface area (Å²) >= 11 is 0. The third kappa shape index (κ3) is 3.32. The molecule has 0 saturated heterocycles. The molecule has 0 bridgehead atoms. The number of aliphatic imine (C=N–C) groups is 1. The van der Waals surface area contributed by atoms with Gasteiger partial charge >= 0.3 is 0 Å². The molecule has 7 heteroatoms. The Bertz CT molecular complexity index is 604. The predicted octanol–water partition coefficient (Wildman–Crippen LogP) is 1.77. The van der Waals surface area contributed by atoms with Crippen LogP contribution < -0.4 is 0 Å². The summed E-state index contributed by atoms with van der Waals surface area (Å²) in [5, 5.41) is 7.97. The van der Waals surface area contributed by atoms with Crippen molar-refractivity contribution in [2.24, 2.45) is 15.2 Å². The van der Waals surface area contributed by atoms with E-state index in [0.717, 1.165) is 0 Å². The van der Waals surface area contributed by atoms with Crippen LogP contribution >= 0.6 is 0 Å². The van der Waals surface area contributed by atoms with E-state index in [1.165, 1.54) is 0 Å². The van der Waals surface area contributed by atoms with Crippen LogP contribution in [0.1, 0.15) is 11.4 Å². The molecule has 0 radical (unpaired) electrons. The summed E-state index contributed by atoms with van der Waals surface area (Å²) in [5.41, 5.74) is 1.50. The summed E-state index contributed by atoms with van der Waals surface area (Å²) in [7, 11) is 1.61. The van der Waals surface area contributed by atoms with Gasteiger partial charge in [0.25, 0.3) is 0 Å². The van der Waals surface area contributed by atoms with Crippen LogP contribution in [0.15, 0.2) is 59.0 Å². The first-order valence-corrected chi connectivity index (χ1v) is 5.41. The van der Waals surface area contributed by atoms with Gasteiger partial charge in [-0.05, 0) is 0 Å². The summed E-state index contributed by atoms with van der Waals surface area (Å²) in [5.74, 6) is 0.373. The lowest BCUT2D eigenvalue weighted by Crippen LogP contribution is -2.00. The molecule has 0 aliphatic rings. The molecule has 0 aromatic carbocycles. The largest absolute Gasteiger partial charge is 0.267 e. The Balaban J connectivity index is 2.16. The molecule has 0 N–H and O–H groups in total. The van der Waals surface area contributed by atoms with Crippen LogP contribution in [0.25, 0.3) is 5.70 Å². The standard InChI is InChI=1S/C12H11N7/c1-9(10-7-14-3-5-16-10)18-19-12(13-2)11-8-15-4-6-17-11/h3-8H,1H2,2H3/b13-12-,19-18-. The van der Waals surface area contributed by atoms with Crippen molar-refractivity contribution >= 4 is 11.5 Å². The number of hydrogen-bond acceptors (Lipinski definition) is 6. The Kier molecular flexibility index (Phi) is 4.12. The minimum absolute atomic E-state index is 0.373. The molecule has 0 atom stereocenters. The summed E-state index contributed by atoms with van der Waals surface area (Å²) < 4.78 is 0. The Morgan fingerprint density at radius 1 is 0.947 bits per heavy atom. The molecule has 0 saturated carbocycles. The van der Waals surface area contributed by atoms with Crippen molar-refractivity contribution in [3.63, 3.8) is 0 Å². The van der Waals surface area contributed by atoms with Crippen molar-refractivity contribution in [3.8, 4) is 0 Å². The maximum Gasteiger partial charge on any atom is 0.197 e. The first-order chi connectivity index (χ1) is 9.31. The molecule has 0 unspecified atom stereocenters. The average molecular weight is 253 g/mol. The van der Waals surface area contributed by atoms with E-state index in [2.05, 4.69) is 41.7 Å². The zero-order chi connectivity index (χ0) is 13.5. The highest BCUT2D eigenvalue weighted by Gasteiger charge is 2.03. The average Bonchev–Trinajstić information content (AvgIpc) is 2.49. The Labute approximate surface area is 109 Å². The van der Waals surface area contributed by atoms with Crippen molar-refractivity contribution in [1.29, 1.82) is 0 Å². The van der Waals surface area contributed by atoms with Crippen molar-refractivity contribution in [2.75, 3.05) is 7.05 Å². The van der Waals surface area contributed by atoms with Gasteiger partial charge in [0.05, 0.1) is 12.4 Å². The highest BCUT2D eigenvalue weighted by Crippen LogP contribution is 2.10. The number of rotatable bonds is 3. The zero-order valence-corrected chi connectivity index (χ0v) is 10.3. The van der Waals surface area contributed by atoms with Crippen molar-refractivity contribution < 1.29 is 0 Å². The molecule has 2 rings (SSSR count). The van der Waals surface area contributed by atoms with Crippen LogP contribution in [-0.4, -0.2) is 32.8 Å². The summed E-state index contributed by atoms with van der Waals surface area (Å²) in [6.45, 7) is 3.77. The van der Waals surface area contributed by atoms with Crippen LogP contribution in [0.5, 0.6) is 0 Å². The van der Waals surface area contributed by atoms with E-state index in [0.29, 0.717) is 22.9 Å². The Morgan fingerprint density at radius 2 is 1.58 bits per heavy atom. The number of aromatic nitrogens is 4. The fraction of sp³-hybridized carbons (Fsp3) is 0.0833. The predicted molar refractivity (Wildman–Crippen MR) is 70.4 cm³/mol. The summed E-state index contributed by atoms with van der Waals surface area (Å²) in [4.78, 5) is 20.1. The van der Waals surface area contributed by atoms with Crippen molar-refractivity contribution in [3.05, 3.63) is 55.1 Å². The molecule has 0 fully saturated rings. The molecule has 7 nitrogen and oxygen atoms in total. The molecule has 0 aliphatic carbocycles. The number of azo groups is 1. The minimum Gasteiger partial charge on any atom is -0.267 e. The molecule has 0 amide bonds. The molecular formula is C12H11N7. The fourth-order valence-electron chi connectivity index (χ4n) is 1.23.